The van der Waals surface area contributed by atoms with Gasteiger partial charge in [0.05, 0.1) is 18.3 Å². The van der Waals surface area contributed by atoms with Crippen LogP contribution < -0.4 is 11.1 Å². The van der Waals surface area contributed by atoms with Gasteiger partial charge in [0, 0.05) is 9.75 Å². The van der Waals surface area contributed by atoms with Crippen LogP contribution in [0.15, 0.2) is 24.4 Å². The van der Waals surface area contributed by atoms with Crippen molar-refractivity contribution in [2.45, 2.75) is 19.9 Å². The molecule has 0 bridgehead atoms. The molecule has 18 heavy (non-hydrogen) atoms. The first kappa shape index (κ1) is 12.9. The maximum absolute atomic E-state index is 5.64. The lowest BCUT2D eigenvalue weighted by Crippen LogP contribution is -2.14. The third-order valence-electron chi connectivity index (χ3n) is 2.48. The molecule has 0 aliphatic rings. The van der Waals surface area contributed by atoms with Crippen LogP contribution in [-0.4, -0.2) is 15.2 Å². The summed E-state index contributed by atoms with van der Waals surface area (Å²) in [6, 6.07) is 6.03. The molecule has 0 spiro atoms. The lowest BCUT2D eigenvalue weighted by molar-refractivity contribution is 1.00. The SMILES string of the molecule is CCc1ccc(CNc2nnccc2C(N)=S)s1. The van der Waals surface area contributed by atoms with Gasteiger partial charge in [-0.2, -0.15) is 5.10 Å². The quantitative estimate of drug-likeness (QED) is 0.822. The van der Waals surface area contributed by atoms with E-state index in [0.717, 1.165) is 12.0 Å². The highest BCUT2D eigenvalue weighted by Gasteiger charge is 2.07. The van der Waals surface area contributed by atoms with E-state index in [2.05, 4.69) is 34.6 Å². The summed E-state index contributed by atoms with van der Waals surface area (Å²) in [5.41, 5.74) is 6.36. The van der Waals surface area contributed by atoms with E-state index in [0.29, 0.717) is 17.4 Å². The molecule has 0 unspecified atom stereocenters. The normalized spacial score (nSPS) is 10.3. The molecular formula is C12H14N4S2. The summed E-state index contributed by atoms with van der Waals surface area (Å²) in [4.78, 5) is 2.96. The number of nitrogens with zero attached hydrogens (tertiary/aromatic N) is 2. The number of thiocarbonyl (C=S) groups is 1. The summed E-state index contributed by atoms with van der Waals surface area (Å²) in [7, 11) is 0. The van der Waals surface area contributed by atoms with Gasteiger partial charge in [0.1, 0.15) is 4.99 Å². The van der Waals surface area contributed by atoms with Gasteiger partial charge in [-0.15, -0.1) is 16.4 Å². The first-order valence-electron chi connectivity index (χ1n) is 5.63. The van der Waals surface area contributed by atoms with Gasteiger partial charge in [-0.1, -0.05) is 19.1 Å². The number of aromatic nitrogens is 2. The summed E-state index contributed by atoms with van der Waals surface area (Å²) < 4.78 is 0. The van der Waals surface area contributed by atoms with Crippen LogP contribution >= 0.6 is 23.6 Å². The van der Waals surface area contributed by atoms with Crippen LogP contribution in [0.25, 0.3) is 0 Å². The van der Waals surface area contributed by atoms with E-state index in [-0.39, 0.29) is 0 Å². The minimum atomic E-state index is 0.327. The van der Waals surface area contributed by atoms with E-state index < -0.39 is 0 Å². The molecule has 2 rings (SSSR count). The smallest absolute Gasteiger partial charge is 0.159 e. The van der Waals surface area contributed by atoms with E-state index in [1.807, 2.05) is 0 Å². The summed E-state index contributed by atoms with van der Waals surface area (Å²) in [6.45, 7) is 2.86. The fourth-order valence-corrected chi connectivity index (χ4v) is 2.60. The Bertz CT molecular complexity index is 551. The number of hydrogen-bond acceptors (Lipinski definition) is 5. The first-order chi connectivity index (χ1) is 8.70. The molecule has 2 aromatic heterocycles. The van der Waals surface area contributed by atoms with Crippen molar-refractivity contribution >= 4 is 34.4 Å². The summed E-state index contributed by atoms with van der Waals surface area (Å²) >= 11 is 6.77. The molecule has 2 aromatic rings. The highest BCUT2D eigenvalue weighted by atomic mass is 32.1. The second-order valence-corrected chi connectivity index (χ2v) is 5.43. The lowest BCUT2D eigenvalue weighted by Gasteiger charge is -2.07. The summed E-state index contributed by atoms with van der Waals surface area (Å²) in [6.07, 6.45) is 2.65. The van der Waals surface area contributed by atoms with E-state index in [1.165, 1.54) is 9.75 Å². The molecular weight excluding hydrogens is 264 g/mol. The molecule has 0 aromatic carbocycles. The molecule has 2 heterocycles. The Kier molecular flexibility index (Phi) is 4.22. The molecule has 3 N–H and O–H groups in total. The molecule has 0 aliphatic heterocycles. The van der Waals surface area contributed by atoms with Crippen LogP contribution in [-0.2, 0) is 13.0 Å². The van der Waals surface area contributed by atoms with Gasteiger partial charge in [-0.25, -0.2) is 0 Å². The zero-order chi connectivity index (χ0) is 13.0. The third-order valence-corrected chi connectivity index (χ3v) is 3.93. The van der Waals surface area contributed by atoms with Gasteiger partial charge in [0.25, 0.3) is 0 Å². The average Bonchev–Trinajstić information content (AvgIpc) is 2.84. The van der Waals surface area contributed by atoms with Crippen LogP contribution in [0.2, 0.25) is 0 Å². The van der Waals surface area contributed by atoms with E-state index in [1.54, 1.807) is 23.6 Å². The van der Waals surface area contributed by atoms with Gasteiger partial charge in [-0.3, -0.25) is 0 Å². The Morgan fingerprint density at radius 2 is 2.17 bits per heavy atom. The van der Waals surface area contributed by atoms with Gasteiger partial charge in [0.15, 0.2) is 5.82 Å². The van der Waals surface area contributed by atoms with E-state index in [9.17, 15) is 0 Å². The van der Waals surface area contributed by atoms with Gasteiger partial charge >= 0.3 is 0 Å². The van der Waals surface area contributed by atoms with Crippen molar-refractivity contribution in [3.8, 4) is 0 Å². The van der Waals surface area contributed by atoms with Crippen molar-refractivity contribution in [1.29, 1.82) is 0 Å². The van der Waals surface area contributed by atoms with Crippen molar-refractivity contribution in [2.24, 2.45) is 5.73 Å². The fraction of sp³-hybridized carbons (Fsp3) is 0.250. The topological polar surface area (TPSA) is 63.8 Å². The molecule has 0 aliphatic carbocycles. The van der Waals surface area contributed by atoms with Gasteiger partial charge in [0.2, 0.25) is 0 Å². The lowest BCUT2D eigenvalue weighted by atomic mass is 10.3. The molecule has 0 amide bonds. The van der Waals surface area contributed by atoms with Crippen LogP contribution in [0, 0.1) is 0 Å². The molecule has 4 nitrogen and oxygen atoms in total. The van der Waals surface area contributed by atoms with Crippen molar-refractivity contribution in [2.75, 3.05) is 5.32 Å². The number of aryl methyl sites for hydroxylation is 1. The molecule has 0 saturated heterocycles. The monoisotopic (exact) mass is 278 g/mol. The number of hydrogen-bond donors (Lipinski definition) is 2. The first-order valence-corrected chi connectivity index (χ1v) is 6.86. The van der Waals surface area contributed by atoms with Crippen LogP contribution in [0.5, 0.6) is 0 Å². The van der Waals surface area contributed by atoms with Crippen molar-refractivity contribution in [1.82, 2.24) is 10.2 Å². The predicted molar refractivity (Wildman–Crippen MR) is 78.9 cm³/mol. The highest BCUT2D eigenvalue weighted by molar-refractivity contribution is 7.80. The Hall–Kier alpha value is -1.53. The minimum Gasteiger partial charge on any atom is -0.389 e. The zero-order valence-electron chi connectivity index (χ0n) is 10.0. The van der Waals surface area contributed by atoms with Crippen LogP contribution in [0.1, 0.15) is 22.2 Å². The Balaban J connectivity index is 2.08. The molecule has 6 heteroatoms. The molecule has 94 valence electrons. The maximum atomic E-state index is 5.64. The number of anilines is 1. The molecule has 0 atom stereocenters. The number of rotatable bonds is 5. The van der Waals surface area contributed by atoms with Gasteiger partial charge < -0.3 is 11.1 Å². The minimum absolute atomic E-state index is 0.327. The highest BCUT2D eigenvalue weighted by Crippen LogP contribution is 2.19. The second kappa shape index (κ2) is 5.88. The van der Waals surface area contributed by atoms with E-state index >= 15 is 0 Å². The van der Waals surface area contributed by atoms with Crippen molar-refractivity contribution < 1.29 is 0 Å². The summed E-state index contributed by atoms with van der Waals surface area (Å²) in [5, 5.41) is 11.1. The van der Waals surface area contributed by atoms with Gasteiger partial charge in [-0.05, 0) is 24.6 Å². The summed E-state index contributed by atoms with van der Waals surface area (Å²) in [5.74, 6) is 0.636. The molecule has 0 radical (unpaired) electrons. The maximum Gasteiger partial charge on any atom is 0.159 e. The zero-order valence-corrected chi connectivity index (χ0v) is 11.6. The number of nitrogens with two attached hydrogens (primary N) is 1. The second-order valence-electron chi connectivity index (χ2n) is 3.73. The third kappa shape index (κ3) is 3.02. The predicted octanol–water partition coefficient (Wildman–Crippen LogP) is 2.35. The standard InChI is InChI=1S/C12H14N4S2/c1-2-8-3-4-9(18-8)7-14-12-10(11(13)17)5-6-15-16-12/h3-6H,2,7H2,1H3,(H2,13,17)(H,14,16). The van der Waals surface area contributed by atoms with Crippen molar-refractivity contribution in [3.05, 3.63) is 39.7 Å². The average molecular weight is 278 g/mol. The Morgan fingerprint density at radius 1 is 1.39 bits per heavy atom. The Labute approximate surface area is 115 Å². The number of thiophene rings is 1. The van der Waals surface area contributed by atoms with Crippen LogP contribution in [0.4, 0.5) is 5.82 Å². The van der Waals surface area contributed by atoms with Crippen molar-refractivity contribution in [3.63, 3.8) is 0 Å². The Morgan fingerprint density at radius 3 is 2.83 bits per heavy atom. The fourth-order valence-electron chi connectivity index (χ4n) is 1.54. The molecule has 0 fully saturated rings. The molecule has 0 saturated carbocycles. The van der Waals surface area contributed by atoms with E-state index in [4.69, 9.17) is 18.0 Å². The largest absolute Gasteiger partial charge is 0.389 e. The van der Waals surface area contributed by atoms with Crippen LogP contribution in [0.3, 0.4) is 0 Å². The number of nitrogens with one attached hydrogen (secondary N) is 1.